The molecule has 170 valence electrons. The maximum atomic E-state index is 4.96. The summed E-state index contributed by atoms with van der Waals surface area (Å²) in [5.41, 5.74) is 8.19. The van der Waals surface area contributed by atoms with Crippen LogP contribution in [-0.2, 0) is 29.9 Å². The Morgan fingerprint density at radius 2 is 1.52 bits per heavy atom. The van der Waals surface area contributed by atoms with E-state index >= 15 is 0 Å². The van der Waals surface area contributed by atoms with Crippen LogP contribution in [0, 0.1) is 0 Å². The first kappa shape index (κ1) is 26.2. The van der Waals surface area contributed by atoms with Crippen molar-refractivity contribution in [2.24, 2.45) is 9.98 Å². The van der Waals surface area contributed by atoms with Gasteiger partial charge in [0.2, 0.25) is 0 Å². The van der Waals surface area contributed by atoms with Crippen molar-refractivity contribution in [3.8, 4) is 0 Å². The van der Waals surface area contributed by atoms with E-state index in [1.807, 2.05) is 86.7 Å². The number of allylic oxidation sites excluding steroid dienone is 9. The average Bonchev–Trinajstić information content (AvgIpc) is 3.56. The largest absolute Gasteiger partial charge is 2.00 e. The normalized spacial score (nSPS) is 15.8. The van der Waals surface area contributed by atoms with Crippen LogP contribution in [0.1, 0.15) is 38.8 Å². The molecule has 33 heavy (non-hydrogen) atoms. The van der Waals surface area contributed by atoms with Crippen LogP contribution < -0.4 is 0 Å². The zero-order valence-corrected chi connectivity index (χ0v) is 20.9. The van der Waals surface area contributed by atoms with E-state index in [0.717, 1.165) is 47.0 Å². The van der Waals surface area contributed by atoms with Gasteiger partial charge in [-0.3, -0.25) is 9.98 Å². The number of benzene rings is 1. The van der Waals surface area contributed by atoms with Crippen molar-refractivity contribution in [3.05, 3.63) is 125 Å². The second-order valence-electron chi connectivity index (χ2n) is 7.54. The van der Waals surface area contributed by atoms with Crippen molar-refractivity contribution in [1.82, 2.24) is 0 Å². The molecule has 0 radical (unpaired) electrons. The van der Waals surface area contributed by atoms with E-state index in [-0.39, 0.29) is 17.1 Å². The molecule has 2 aliphatic rings. The Balaban J connectivity index is 0.000000568. The quantitative estimate of drug-likeness (QED) is 0.238. The molecule has 1 aliphatic heterocycles. The van der Waals surface area contributed by atoms with E-state index in [4.69, 9.17) is 10.3 Å². The van der Waals surface area contributed by atoms with Crippen molar-refractivity contribution >= 4 is 17.1 Å². The molecular formula is C29H31FeN3. The molecule has 0 bridgehead atoms. The van der Waals surface area contributed by atoms with Crippen molar-refractivity contribution < 1.29 is 17.1 Å². The summed E-state index contributed by atoms with van der Waals surface area (Å²) in [6, 6.07) is 16.4. The van der Waals surface area contributed by atoms with Crippen LogP contribution in [-0.4, -0.2) is 11.4 Å². The Hall–Kier alpha value is -3.07. The van der Waals surface area contributed by atoms with E-state index in [1.165, 1.54) is 11.1 Å². The predicted octanol–water partition coefficient (Wildman–Crippen LogP) is 7.93. The van der Waals surface area contributed by atoms with Crippen LogP contribution in [0.2, 0.25) is 0 Å². The Labute approximate surface area is 209 Å². The summed E-state index contributed by atoms with van der Waals surface area (Å²) in [5.74, 6) is 0. The molecule has 0 unspecified atom stereocenters. The number of hydrogen-bond acceptors (Lipinski definition) is 2. The van der Waals surface area contributed by atoms with Gasteiger partial charge in [-0.05, 0) is 50.0 Å². The van der Waals surface area contributed by atoms with E-state index in [9.17, 15) is 0 Å². The Kier molecular flexibility index (Phi) is 10.7. The fourth-order valence-corrected chi connectivity index (χ4v) is 3.43. The van der Waals surface area contributed by atoms with Gasteiger partial charge in [-0.15, -0.1) is 11.4 Å². The zero-order valence-electron chi connectivity index (χ0n) is 19.8. The second-order valence-corrected chi connectivity index (χ2v) is 7.54. The van der Waals surface area contributed by atoms with Gasteiger partial charge in [0, 0.05) is 11.4 Å². The second kappa shape index (κ2) is 13.5. The third-order valence-corrected chi connectivity index (χ3v) is 5.23. The van der Waals surface area contributed by atoms with Crippen molar-refractivity contribution in [2.45, 2.75) is 40.5 Å². The molecule has 2 aromatic carbocycles. The number of aliphatic imine (C=N–C) groups is 2. The van der Waals surface area contributed by atoms with Gasteiger partial charge in [0.25, 0.3) is 0 Å². The SMILES string of the molecule is CCc1cccc(CC)c1N=C(C)C1=CC=CC(=C(C)N=C2C=CC=C2)[N-]1.[Fe+2].c1cc[cH-]c1. The first-order valence-corrected chi connectivity index (χ1v) is 11.2. The molecule has 0 atom stereocenters. The third-order valence-electron chi connectivity index (χ3n) is 5.23. The van der Waals surface area contributed by atoms with Gasteiger partial charge in [0.05, 0.1) is 11.4 Å². The van der Waals surface area contributed by atoms with Crippen LogP contribution >= 0.6 is 0 Å². The predicted molar refractivity (Wildman–Crippen MR) is 139 cm³/mol. The third kappa shape index (κ3) is 7.49. The van der Waals surface area contributed by atoms with Crippen LogP contribution in [0.15, 0.2) is 118 Å². The first-order valence-electron chi connectivity index (χ1n) is 11.2. The van der Waals surface area contributed by atoms with Gasteiger partial charge in [-0.2, -0.15) is 18.2 Å². The Morgan fingerprint density at radius 3 is 2.06 bits per heavy atom. The molecule has 0 fully saturated rings. The number of para-hydroxylation sites is 1. The van der Waals surface area contributed by atoms with Crippen molar-refractivity contribution in [3.63, 3.8) is 0 Å². The van der Waals surface area contributed by atoms with E-state index in [1.54, 1.807) is 0 Å². The summed E-state index contributed by atoms with van der Waals surface area (Å²) in [6.45, 7) is 8.37. The summed E-state index contributed by atoms with van der Waals surface area (Å²) < 4.78 is 0. The monoisotopic (exact) mass is 477 g/mol. The molecular weight excluding hydrogens is 446 g/mol. The summed E-state index contributed by atoms with van der Waals surface area (Å²) in [5, 5.41) is 4.80. The molecule has 2 aromatic rings. The molecule has 0 N–H and O–H groups in total. The zero-order chi connectivity index (χ0) is 22.8. The number of hydrogen-bond donors (Lipinski definition) is 0. The Morgan fingerprint density at radius 1 is 0.879 bits per heavy atom. The molecule has 1 aliphatic carbocycles. The molecule has 4 heteroatoms. The molecule has 1 heterocycles. The summed E-state index contributed by atoms with van der Waals surface area (Å²) in [4.78, 5) is 9.60. The molecule has 0 saturated heterocycles. The van der Waals surface area contributed by atoms with Crippen molar-refractivity contribution in [1.29, 1.82) is 0 Å². The van der Waals surface area contributed by atoms with Crippen LogP contribution in [0.5, 0.6) is 0 Å². The van der Waals surface area contributed by atoms with Gasteiger partial charge in [0.1, 0.15) is 0 Å². The minimum absolute atomic E-state index is 0. The summed E-state index contributed by atoms with van der Waals surface area (Å²) in [7, 11) is 0. The van der Waals surface area contributed by atoms with Crippen LogP contribution in [0.4, 0.5) is 5.69 Å². The molecule has 0 aromatic heterocycles. The molecule has 0 amide bonds. The number of nitrogens with zero attached hydrogens (tertiary/aromatic N) is 3. The molecule has 0 saturated carbocycles. The van der Waals surface area contributed by atoms with Gasteiger partial charge >= 0.3 is 17.1 Å². The molecule has 4 rings (SSSR count). The van der Waals surface area contributed by atoms with E-state index in [2.05, 4.69) is 37.0 Å². The fraction of sp³-hybridized carbons (Fsp3) is 0.207. The van der Waals surface area contributed by atoms with E-state index < -0.39 is 0 Å². The molecule has 0 spiro atoms. The standard InChI is InChI=1S/C24H26N3.C5H5.Fe/c1-5-19-11-9-12-20(6-2)24(19)26-18(4)23-16-10-15-22(27-23)17(3)25-21-13-7-8-14-21;1-2-4-5-3-1;/h7-16H,5-6H2,1-4H3;1-5H;/q2*-1;+2. The minimum atomic E-state index is 0. The summed E-state index contributed by atoms with van der Waals surface area (Å²) >= 11 is 0. The maximum Gasteiger partial charge on any atom is 2.00 e. The van der Waals surface area contributed by atoms with E-state index in [0.29, 0.717) is 0 Å². The average molecular weight is 477 g/mol. The first-order chi connectivity index (χ1) is 15.6. The van der Waals surface area contributed by atoms with Gasteiger partial charge < -0.3 is 5.32 Å². The Bertz CT molecular complexity index is 1070. The fourth-order valence-electron chi connectivity index (χ4n) is 3.43. The molecule has 3 nitrogen and oxygen atoms in total. The minimum Gasteiger partial charge on any atom is -0.655 e. The maximum absolute atomic E-state index is 4.96. The van der Waals surface area contributed by atoms with Crippen LogP contribution in [0.25, 0.3) is 5.32 Å². The summed E-state index contributed by atoms with van der Waals surface area (Å²) in [6.07, 6.45) is 15.9. The smallest absolute Gasteiger partial charge is 0.655 e. The topological polar surface area (TPSA) is 38.8 Å². The van der Waals surface area contributed by atoms with Crippen molar-refractivity contribution in [2.75, 3.05) is 0 Å². The number of aryl methyl sites for hydroxylation is 2. The van der Waals surface area contributed by atoms with Gasteiger partial charge in [-0.25, -0.2) is 12.1 Å². The van der Waals surface area contributed by atoms with Gasteiger partial charge in [0.15, 0.2) is 0 Å². The van der Waals surface area contributed by atoms with Gasteiger partial charge in [-0.1, -0.05) is 62.4 Å². The van der Waals surface area contributed by atoms with Crippen LogP contribution in [0.3, 0.4) is 0 Å². The number of rotatable bonds is 5.